The summed E-state index contributed by atoms with van der Waals surface area (Å²) >= 11 is 5.54. The van der Waals surface area contributed by atoms with Gasteiger partial charge >= 0.3 is 0 Å². The summed E-state index contributed by atoms with van der Waals surface area (Å²) in [5.41, 5.74) is 2.23. The Balaban J connectivity index is 1.56. The van der Waals surface area contributed by atoms with Crippen molar-refractivity contribution in [1.29, 1.82) is 0 Å². The van der Waals surface area contributed by atoms with Crippen LogP contribution in [0.5, 0.6) is 0 Å². The van der Waals surface area contributed by atoms with E-state index < -0.39 is 0 Å². The number of nitrogens with zero attached hydrogens (tertiary/aromatic N) is 3. The summed E-state index contributed by atoms with van der Waals surface area (Å²) < 4.78 is 1.90. The van der Waals surface area contributed by atoms with Crippen molar-refractivity contribution in [2.45, 2.75) is 44.7 Å². The lowest BCUT2D eigenvalue weighted by atomic mass is 9.96. The van der Waals surface area contributed by atoms with Crippen LogP contribution in [0.15, 0.2) is 42.7 Å². The summed E-state index contributed by atoms with van der Waals surface area (Å²) in [6, 6.07) is 10.7. The maximum atomic E-state index is 5.54. The quantitative estimate of drug-likeness (QED) is 0.871. The van der Waals surface area contributed by atoms with Crippen molar-refractivity contribution in [2.24, 2.45) is 0 Å². The van der Waals surface area contributed by atoms with Gasteiger partial charge in [0.05, 0.1) is 11.9 Å². The molecule has 122 valence electrons. The van der Waals surface area contributed by atoms with Crippen molar-refractivity contribution in [3.05, 3.63) is 48.3 Å². The Labute approximate surface area is 143 Å². The molecule has 0 bridgehead atoms. The minimum absolute atomic E-state index is 0.547. The molecule has 1 N–H and O–H groups in total. The van der Waals surface area contributed by atoms with Gasteiger partial charge in [0.25, 0.3) is 0 Å². The summed E-state index contributed by atoms with van der Waals surface area (Å²) in [5, 5.41) is 8.79. The normalized spacial score (nSPS) is 15.3. The van der Waals surface area contributed by atoms with Gasteiger partial charge in [0, 0.05) is 31.4 Å². The first-order valence-electron chi connectivity index (χ1n) is 8.33. The number of para-hydroxylation sites is 1. The first-order valence-corrected chi connectivity index (χ1v) is 8.74. The molecule has 1 fully saturated rings. The zero-order valence-electron chi connectivity index (χ0n) is 13.6. The fraction of sp³-hybridized carbons (Fsp3) is 0.444. The molecular weight excluding hydrogens is 304 g/mol. The van der Waals surface area contributed by atoms with Crippen molar-refractivity contribution >= 4 is 17.3 Å². The zero-order valence-corrected chi connectivity index (χ0v) is 14.4. The second kappa shape index (κ2) is 7.59. The molecule has 0 radical (unpaired) electrons. The van der Waals surface area contributed by atoms with Gasteiger partial charge in [-0.1, -0.05) is 37.5 Å². The second-order valence-electron chi connectivity index (χ2n) is 6.27. The molecule has 23 heavy (non-hydrogen) atoms. The monoisotopic (exact) mass is 328 g/mol. The molecule has 1 heterocycles. The molecule has 1 aliphatic rings. The van der Waals surface area contributed by atoms with Crippen LogP contribution in [0.3, 0.4) is 0 Å². The number of rotatable bonds is 4. The van der Waals surface area contributed by atoms with E-state index in [1.165, 1.54) is 32.1 Å². The highest BCUT2D eigenvalue weighted by Gasteiger charge is 2.16. The first kappa shape index (κ1) is 16.0. The maximum Gasteiger partial charge on any atom is 0.169 e. The predicted octanol–water partition coefficient (Wildman–Crippen LogP) is 3.51. The Kier molecular flexibility index (Phi) is 5.28. The van der Waals surface area contributed by atoms with Crippen molar-refractivity contribution in [2.75, 3.05) is 7.05 Å². The largest absolute Gasteiger partial charge is 0.360 e. The number of thiocarbonyl (C=S) groups is 1. The van der Waals surface area contributed by atoms with Gasteiger partial charge in [-0.15, -0.1) is 0 Å². The molecule has 0 saturated heterocycles. The SMILES string of the molecule is CN(Cc1cnn(-c2ccccc2)c1)C(=S)NC1CCCCC1. The standard InChI is InChI=1S/C18H24N4S/c1-21(18(23)20-16-8-4-2-5-9-16)13-15-12-19-22(14-15)17-10-6-3-7-11-17/h3,6-7,10-12,14,16H,2,4-5,8-9,13H2,1H3,(H,20,23). The van der Waals surface area contributed by atoms with Crippen LogP contribution >= 0.6 is 12.2 Å². The Morgan fingerprint density at radius 3 is 2.74 bits per heavy atom. The van der Waals surface area contributed by atoms with Gasteiger partial charge in [0.15, 0.2) is 5.11 Å². The highest BCUT2D eigenvalue weighted by atomic mass is 32.1. The first-order chi connectivity index (χ1) is 11.2. The van der Waals surface area contributed by atoms with Crippen LogP contribution in [0.2, 0.25) is 0 Å². The molecule has 3 rings (SSSR count). The van der Waals surface area contributed by atoms with Crippen LogP contribution in [-0.2, 0) is 6.54 Å². The Hall–Kier alpha value is -1.88. The van der Waals surface area contributed by atoms with Crippen molar-refractivity contribution in [3.8, 4) is 5.69 Å². The highest BCUT2D eigenvalue weighted by molar-refractivity contribution is 7.80. The summed E-state index contributed by atoms with van der Waals surface area (Å²) in [4.78, 5) is 2.09. The molecule has 0 atom stereocenters. The van der Waals surface area contributed by atoms with Gasteiger partial charge in [-0.3, -0.25) is 0 Å². The number of nitrogens with one attached hydrogen (secondary N) is 1. The minimum atomic E-state index is 0.547. The fourth-order valence-electron chi connectivity index (χ4n) is 3.04. The Morgan fingerprint density at radius 1 is 1.26 bits per heavy atom. The molecule has 2 aromatic rings. The number of hydrogen-bond acceptors (Lipinski definition) is 2. The van der Waals surface area contributed by atoms with Crippen LogP contribution in [0, 0.1) is 0 Å². The minimum Gasteiger partial charge on any atom is -0.360 e. The smallest absolute Gasteiger partial charge is 0.169 e. The van der Waals surface area contributed by atoms with E-state index in [0.717, 1.165) is 22.9 Å². The van der Waals surface area contributed by atoms with E-state index in [1.807, 2.05) is 36.1 Å². The average Bonchev–Trinajstić information content (AvgIpc) is 3.05. The maximum absolute atomic E-state index is 5.54. The lowest BCUT2D eigenvalue weighted by Gasteiger charge is -2.28. The van der Waals surface area contributed by atoms with Gasteiger partial charge in [-0.2, -0.15) is 5.10 Å². The molecule has 1 aromatic heterocycles. The molecule has 1 aliphatic carbocycles. The number of hydrogen-bond donors (Lipinski definition) is 1. The van der Waals surface area contributed by atoms with Crippen molar-refractivity contribution in [3.63, 3.8) is 0 Å². The third kappa shape index (κ3) is 4.32. The van der Waals surface area contributed by atoms with Gasteiger partial charge in [0.1, 0.15) is 0 Å². The summed E-state index contributed by atoms with van der Waals surface area (Å²) in [7, 11) is 2.04. The van der Waals surface area contributed by atoms with E-state index in [1.54, 1.807) is 0 Å². The number of aromatic nitrogens is 2. The van der Waals surface area contributed by atoms with Crippen molar-refractivity contribution in [1.82, 2.24) is 20.0 Å². The fourth-order valence-corrected chi connectivity index (χ4v) is 3.27. The highest BCUT2D eigenvalue weighted by Crippen LogP contribution is 2.17. The molecule has 1 saturated carbocycles. The molecule has 0 unspecified atom stereocenters. The van der Waals surface area contributed by atoms with Crippen LogP contribution in [0.4, 0.5) is 0 Å². The van der Waals surface area contributed by atoms with Gasteiger partial charge < -0.3 is 10.2 Å². The Bertz CT molecular complexity index is 631. The van der Waals surface area contributed by atoms with Gasteiger partial charge in [-0.05, 0) is 37.2 Å². The van der Waals surface area contributed by atoms with Gasteiger partial charge in [-0.25, -0.2) is 4.68 Å². The molecule has 0 aliphatic heterocycles. The van der Waals surface area contributed by atoms with E-state index >= 15 is 0 Å². The molecular formula is C18H24N4S. The van der Waals surface area contributed by atoms with E-state index in [0.29, 0.717) is 6.04 Å². The molecule has 1 aromatic carbocycles. The van der Waals surface area contributed by atoms with Crippen molar-refractivity contribution < 1.29 is 0 Å². The average molecular weight is 328 g/mol. The third-order valence-corrected chi connectivity index (χ3v) is 4.79. The predicted molar refractivity (Wildman–Crippen MR) is 97.6 cm³/mol. The van der Waals surface area contributed by atoms with E-state index in [4.69, 9.17) is 12.2 Å². The molecule has 5 heteroatoms. The molecule has 0 spiro atoms. The van der Waals surface area contributed by atoms with E-state index in [2.05, 4.69) is 33.6 Å². The summed E-state index contributed by atoms with van der Waals surface area (Å²) in [6.45, 7) is 0.769. The number of benzene rings is 1. The van der Waals surface area contributed by atoms with Gasteiger partial charge in [0.2, 0.25) is 0 Å². The molecule has 4 nitrogen and oxygen atoms in total. The van der Waals surface area contributed by atoms with E-state index in [9.17, 15) is 0 Å². The summed E-state index contributed by atoms with van der Waals surface area (Å²) in [5.74, 6) is 0. The second-order valence-corrected chi connectivity index (χ2v) is 6.66. The van der Waals surface area contributed by atoms with Crippen LogP contribution in [-0.4, -0.2) is 32.9 Å². The van der Waals surface area contributed by atoms with E-state index in [-0.39, 0.29) is 0 Å². The van der Waals surface area contributed by atoms with Crippen LogP contribution in [0.25, 0.3) is 5.69 Å². The Morgan fingerprint density at radius 2 is 2.00 bits per heavy atom. The summed E-state index contributed by atoms with van der Waals surface area (Å²) in [6.07, 6.45) is 10.4. The zero-order chi connectivity index (χ0) is 16.1. The van der Waals surface area contributed by atoms with Crippen LogP contribution in [0.1, 0.15) is 37.7 Å². The third-order valence-electron chi connectivity index (χ3n) is 4.36. The topological polar surface area (TPSA) is 33.1 Å². The molecule has 0 amide bonds. The lowest BCUT2D eigenvalue weighted by Crippen LogP contribution is -2.43. The van der Waals surface area contributed by atoms with Crippen LogP contribution < -0.4 is 5.32 Å². The lowest BCUT2D eigenvalue weighted by molar-refractivity contribution is 0.392.